The molecule has 1 saturated heterocycles. The molecule has 10 heteroatoms. The lowest BCUT2D eigenvalue weighted by Crippen LogP contribution is -2.53. The molecule has 0 bridgehead atoms. The number of piperazine rings is 1. The largest absolute Gasteiger partial charge is 0.357 e. The van der Waals surface area contributed by atoms with Crippen LogP contribution >= 0.6 is 35.3 Å². The molecule has 0 radical (unpaired) electrons. The van der Waals surface area contributed by atoms with Gasteiger partial charge in [0.25, 0.3) is 0 Å². The second-order valence-electron chi connectivity index (χ2n) is 7.29. The van der Waals surface area contributed by atoms with Crippen molar-refractivity contribution in [3.05, 3.63) is 52.9 Å². The Labute approximate surface area is 206 Å². The van der Waals surface area contributed by atoms with Crippen LogP contribution in [0.5, 0.6) is 0 Å². The Morgan fingerprint density at radius 1 is 1.13 bits per heavy atom. The lowest BCUT2D eigenvalue weighted by Gasteiger charge is -2.40. The normalized spacial score (nSPS) is 16.6. The van der Waals surface area contributed by atoms with Gasteiger partial charge in [0.1, 0.15) is 4.21 Å². The van der Waals surface area contributed by atoms with Crippen molar-refractivity contribution in [3.8, 4) is 0 Å². The van der Waals surface area contributed by atoms with E-state index < -0.39 is 10.0 Å². The topological polar surface area (TPSA) is 91.0 Å². The molecule has 1 aromatic carbocycles. The highest BCUT2D eigenvalue weighted by Gasteiger charge is 2.25. The number of guanidine groups is 1. The highest BCUT2D eigenvalue weighted by atomic mass is 127. The molecule has 1 aliphatic heterocycles. The second kappa shape index (κ2) is 12.1. The van der Waals surface area contributed by atoms with Gasteiger partial charge in [0.05, 0.1) is 6.54 Å². The van der Waals surface area contributed by atoms with Crippen LogP contribution in [0, 0.1) is 0 Å². The monoisotopic (exact) mass is 577 g/mol. The molecular formula is C21H32IN5O2S2. The fourth-order valence-electron chi connectivity index (χ4n) is 3.80. The van der Waals surface area contributed by atoms with Gasteiger partial charge in [-0.25, -0.2) is 18.5 Å². The standard InChI is InChI=1S/C21H31N5O2S2.HI/c1-3-19(17-8-6-5-7-9-17)25-12-14-26(15-13-25)21(23-4-2)24-16-18-10-11-20(29-18)30(22,27)28;/h5-11,19H,3-4,12-16H2,1-2H3,(H,23,24)(H2,22,27,28);1H. The highest BCUT2D eigenvalue weighted by Crippen LogP contribution is 2.25. The van der Waals surface area contributed by atoms with E-state index in [-0.39, 0.29) is 28.2 Å². The average molecular weight is 578 g/mol. The van der Waals surface area contributed by atoms with Crippen LogP contribution in [0.2, 0.25) is 0 Å². The molecule has 0 spiro atoms. The van der Waals surface area contributed by atoms with Gasteiger partial charge in [-0.05, 0) is 31.0 Å². The lowest BCUT2D eigenvalue weighted by atomic mass is 10.0. The van der Waals surface area contributed by atoms with Gasteiger partial charge in [0.2, 0.25) is 10.0 Å². The van der Waals surface area contributed by atoms with E-state index in [1.54, 1.807) is 12.1 Å². The van der Waals surface area contributed by atoms with Crippen molar-refractivity contribution in [1.82, 2.24) is 15.1 Å². The second-order valence-corrected chi connectivity index (χ2v) is 10.3. The first-order valence-corrected chi connectivity index (χ1v) is 12.7. The average Bonchev–Trinajstić information content (AvgIpc) is 3.23. The molecule has 0 saturated carbocycles. The number of nitrogens with one attached hydrogen (secondary N) is 1. The van der Waals surface area contributed by atoms with Gasteiger partial charge in [-0.2, -0.15) is 0 Å². The van der Waals surface area contributed by atoms with Gasteiger partial charge in [0.15, 0.2) is 5.96 Å². The van der Waals surface area contributed by atoms with Crippen LogP contribution in [0.25, 0.3) is 0 Å². The fraction of sp³-hybridized carbons (Fsp3) is 0.476. The van der Waals surface area contributed by atoms with E-state index in [2.05, 4.69) is 59.3 Å². The van der Waals surface area contributed by atoms with Crippen molar-refractivity contribution < 1.29 is 8.42 Å². The van der Waals surface area contributed by atoms with Gasteiger partial charge >= 0.3 is 0 Å². The van der Waals surface area contributed by atoms with E-state index in [0.29, 0.717) is 12.6 Å². The molecule has 1 atom stereocenters. The molecule has 1 aromatic heterocycles. The van der Waals surface area contributed by atoms with Crippen LogP contribution in [-0.4, -0.2) is 56.9 Å². The lowest BCUT2D eigenvalue weighted by molar-refractivity contribution is 0.127. The van der Waals surface area contributed by atoms with Crippen molar-refractivity contribution in [2.24, 2.45) is 10.1 Å². The van der Waals surface area contributed by atoms with Crippen molar-refractivity contribution in [2.45, 2.75) is 37.1 Å². The number of aliphatic imine (C=N–C) groups is 1. The van der Waals surface area contributed by atoms with E-state index >= 15 is 0 Å². The summed E-state index contributed by atoms with van der Waals surface area (Å²) in [5.74, 6) is 0.871. The van der Waals surface area contributed by atoms with Crippen LogP contribution in [0.3, 0.4) is 0 Å². The molecule has 0 amide bonds. The number of benzene rings is 1. The highest BCUT2D eigenvalue weighted by molar-refractivity contribution is 14.0. The van der Waals surface area contributed by atoms with Gasteiger partial charge < -0.3 is 10.2 Å². The van der Waals surface area contributed by atoms with Gasteiger partial charge in [-0.15, -0.1) is 35.3 Å². The first-order valence-electron chi connectivity index (χ1n) is 10.4. The van der Waals surface area contributed by atoms with E-state index in [1.165, 1.54) is 16.9 Å². The maximum Gasteiger partial charge on any atom is 0.247 e. The maximum absolute atomic E-state index is 11.5. The van der Waals surface area contributed by atoms with Crippen LogP contribution in [0.1, 0.15) is 36.8 Å². The summed E-state index contributed by atoms with van der Waals surface area (Å²) < 4.78 is 23.1. The van der Waals surface area contributed by atoms with Gasteiger partial charge in [-0.3, -0.25) is 4.90 Å². The van der Waals surface area contributed by atoms with Crippen LogP contribution in [0.15, 0.2) is 51.7 Å². The van der Waals surface area contributed by atoms with Crippen molar-refractivity contribution in [1.29, 1.82) is 0 Å². The minimum Gasteiger partial charge on any atom is -0.357 e. The Balaban J connectivity index is 0.00000341. The summed E-state index contributed by atoms with van der Waals surface area (Å²) in [5, 5.41) is 8.57. The first kappa shape index (κ1) is 26.0. The number of primary sulfonamides is 1. The summed E-state index contributed by atoms with van der Waals surface area (Å²) in [6.45, 7) is 9.28. The van der Waals surface area contributed by atoms with Crippen molar-refractivity contribution in [3.63, 3.8) is 0 Å². The molecule has 3 rings (SSSR count). The molecule has 3 N–H and O–H groups in total. The SMILES string of the molecule is CCNC(=NCc1ccc(S(N)(=O)=O)s1)N1CCN(C(CC)c2ccccc2)CC1.I. The number of nitrogens with two attached hydrogens (primary N) is 1. The van der Waals surface area contributed by atoms with Crippen molar-refractivity contribution in [2.75, 3.05) is 32.7 Å². The Hall–Kier alpha value is -1.21. The molecule has 1 aliphatic rings. The minimum absolute atomic E-state index is 0. The summed E-state index contributed by atoms with van der Waals surface area (Å²) in [5.41, 5.74) is 1.37. The maximum atomic E-state index is 11.5. The molecule has 2 aromatic rings. The Kier molecular flexibility index (Phi) is 10.2. The molecule has 0 aliphatic carbocycles. The number of sulfonamides is 1. The number of thiophene rings is 1. The van der Waals surface area contributed by atoms with Crippen LogP contribution < -0.4 is 10.5 Å². The predicted octanol–water partition coefficient (Wildman–Crippen LogP) is 3.25. The molecule has 2 heterocycles. The predicted molar refractivity (Wildman–Crippen MR) is 139 cm³/mol. The van der Waals surface area contributed by atoms with E-state index in [4.69, 9.17) is 10.1 Å². The van der Waals surface area contributed by atoms with E-state index in [9.17, 15) is 8.42 Å². The zero-order chi connectivity index (χ0) is 21.6. The van der Waals surface area contributed by atoms with E-state index in [1.807, 2.05) is 0 Å². The smallest absolute Gasteiger partial charge is 0.247 e. The number of hydrogen-bond donors (Lipinski definition) is 2. The summed E-state index contributed by atoms with van der Waals surface area (Å²) in [4.78, 5) is 10.4. The number of rotatable bonds is 7. The Bertz CT molecular complexity index is 942. The molecule has 1 unspecified atom stereocenters. The third-order valence-corrected chi connectivity index (χ3v) is 7.77. The molecule has 172 valence electrons. The summed E-state index contributed by atoms with van der Waals surface area (Å²) in [6.07, 6.45) is 1.09. The van der Waals surface area contributed by atoms with Crippen LogP contribution in [-0.2, 0) is 16.6 Å². The molecule has 1 fully saturated rings. The molecular weight excluding hydrogens is 545 g/mol. The summed E-state index contributed by atoms with van der Waals surface area (Å²) >= 11 is 1.18. The molecule has 31 heavy (non-hydrogen) atoms. The summed E-state index contributed by atoms with van der Waals surface area (Å²) in [7, 11) is -3.65. The van der Waals surface area contributed by atoms with Crippen molar-refractivity contribution >= 4 is 51.3 Å². The van der Waals surface area contributed by atoms with E-state index in [0.717, 1.165) is 50.0 Å². The Morgan fingerprint density at radius 2 is 1.81 bits per heavy atom. The zero-order valence-corrected chi connectivity index (χ0v) is 22.0. The summed E-state index contributed by atoms with van der Waals surface area (Å²) in [6, 6.07) is 14.5. The first-order chi connectivity index (χ1) is 14.4. The minimum atomic E-state index is -3.65. The number of halogens is 1. The fourth-order valence-corrected chi connectivity index (χ4v) is 5.50. The number of nitrogens with zero attached hydrogens (tertiary/aromatic N) is 3. The quantitative estimate of drug-likeness (QED) is 0.300. The molecule has 7 nitrogen and oxygen atoms in total. The van der Waals surface area contributed by atoms with Crippen LogP contribution in [0.4, 0.5) is 0 Å². The third-order valence-electron chi connectivity index (χ3n) is 5.26. The van der Waals surface area contributed by atoms with Gasteiger partial charge in [-0.1, -0.05) is 37.3 Å². The number of hydrogen-bond acceptors (Lipinski definition) is 5. The Morgan fingerprint density at radius 3 is 2.35 bits per heavy atom. The van der Waals surface area contributed by atoms with Gasteiger partial charge in [0, 0.05) is 43.6 Å². The third kappa shape index (κ3) is 7.14. The zero-order valence-electron chi connectivity index (χ0n) is 18.0.